The van der Waals surface area contributed by atoms with E-state index < -0.39 is 17.9 Å². The molecule has 0 spiro atoms. The molecule has 2 saturated heterocycles. The summed E-state index contributed by atoms with van der Waals surface area (Å²) in [7, 11) is 0. The van der Waals surface area contributed by atoms with Gasteiger partial charge in [-0.25, -0.2) is 4.79 Å². The molecule has 0 aromatic carbocycles. The molecule has 0 unspecified atom stereocenters. The molecule has 0 amide bonds. The Morgan fingerprint density at radius 2 is 2.29 bits per heavy atom. The number of halogens is 3. The van der Waals surface area contributed by atoms with Gasteiger partial charge in [0.25, 0.3) is 0 Å². The molecule has 2 fully saturated rings. The van der Waals surface area contributed by atoms with Crippen molar-refractivity contribution >= 4 is 5.97 Å². The molecule has 0 radical (unpaired) electrons. The van der Waals surface area contributed by atoms with Gasteiger partial charge in [-0.3, -0.25) is 0 Å². The summed E-state index contributed by atoms with van der Waals surface area (Å²) >= 11 is 0. The van der Waals surface area contributed by atoms with E-state index in [0.717, 1.165) is 0 Å². The lowest BCUT2D eigenvalue weighted by molar-refractivity contribution is -0.248. The zero-order valence-electron chi connectivity index (χ0n) is 7.06. The third kappa shape index (κ3) is 1.57. The van der Waals surface area contributed by atoms with E-state index in [1.54, 1.807) is 0 Å². The number of fused-ring (bicyclic) bond motifs is 2. The predicted octanol–water partition coefficient (Wildman–Crippen LogP) is 0.180. The maximum absolute atomic E-state index is 11.9. The Balaban J connectivity index is 2.01. The molecule has 0 aliphatic carbocycles. The molecule has 0 saturated carbocycles. The van der Waals surface area contributed by atoms with Crippen molar-refractivity contribution in [3.8, 4) is 0 Å². The van der Waals surface area contributed by atoms with Crippen molar-refractivity contribution < 1.29 is 27.4 Å². The Labute approximate surface area is 77.4 Å². The number of hydrogen-bond donors (Lipinski definition) is 1. The largest absolute Gasteiger partial charge is 0.491 e. The molecule has 2 atom stereocenters. The number of morpholine rings is 1. The van der Waals surface area contributed by atoms with Crippen molar-refractivity contribution in [2.45, 2.75) is 24.4 Å². The quantitative estimate of drug-likeness (QED) is 0.628. The molecule has 2 heterocycles. The van der Waals surface area contributed by atoms with Crippen LogP contribution in [-0.2, 0) is 14.3 Å². The number of carbonyl (C=O) groups is 1. The standard InChI is InChI=1S/C7H8F3NO3/c8-7(9,10)5(12)14-6-1-4(2-13-6)11-3-6/h4,11H,1-3H2/t4-,6-/m0/s1. The van der Waals surface area contributed by atoms with Gasteiger partial charge in [0.1, 0.15) is 0 Å². The number of esters is 1. The van der Waals surface area contributed by atoms with Crippen LogP contribution < -0.4 is 5.32 Å². The minimum atomic E-state index is -4.96. The van der Waals surface area contributed by atoms with E-state index in [0.29, 0.717) is 0 Å². The molecule has 2 aliphatic rings. The van der Waals surface area contributed by atoms with Crippen molar-refractivity contribution in [1.29, 1.82) is 0 Å². The summed E-state index contributed by atoms with van der Waals surface area (Å²) in [4.78, 5) is 10.5. The van der Waals surface area contributed by atoms with Gasteiger partial charge in [0.05, 0.1) is 13.2 Å². The molecule has 2 bridgehead atoms. The minimum Gasteiger partial charge on any atom is -0.425 e. The van der Waals surface area contributed by atoms with Crippen molar-refractivity contribution in [3.63, 3.8) is 0 Å². The van der Waals surface area contributed by atoms with Crippen molar-refractivity contribution in [2.24, 2.45) is 0 Å². The van der Waals surface area contributed by atoms with E-state index in [2.05, 4.69) is 10.1 Å². The summed E-state index contributed by atoms with van der Waals surface area (Å²) in [6, 6.07) is -0.00367. The number of hydrogen-bond acceptors (Lipinski definition) is 4. The molecule has 1 N–H and O–H groups in total. The van der Waals surface area contributed by atoms with Crippen molar-refractivity contribution in [2.75, 3.05) is 13.2 Å². The molecule has 4 nitrogen and oxygen atoms in total. The van der Waals surface area contributed by atoms with E-state index in [-0.39, 0.29) is 25.6 Å². The fraction of sp³-hybridized carbons (Fsp3) is 0.857. The van der Waals surface area contributed by atoms with Gasteiger partial charge in [-0.2, -0.15) is 13.2 Å². The molecular formula is C7H8F3NO3. The van der Waals surface area contributed by atoms with Crippen molar-refractivity contribution in [3.05, 3.63) is 0 Å². The van der Waals surface area contributed by atoms with Crippen LogP contribution in [0.5, 0.6) is 0 Å². The first kappa shape index (κ1) is 9.72. The van der Waals surface area contributed by atoms with Gasteiger partial charge in [0, 0.05) is 12.5 Å². The van der Waals surface area contributed by atoms with E-state index in [1.165, 1.54) is 0 Å². The molecule has 0 aromatic rings. The number of nitrogens with one attached hydrogen (secondary N) is 1. The first-order valence-electron chi connectivity index (χ1n) is 4.09. The van der Waals surface area contributed by atoms with Gasteiger partial charge >= 0.3 is 12.1 Å². The molecule has 14 heavy (non-hydrogen) atoms. The van der Waals surface area contributed by atoms with Gasteiger partial charge in [0.2, 0.25) is 5.79 Å². The van der Waals surface area contributed by atoms with E-state index in [4.69, 9.17) is 4.74 Å². The van der Waals surface area contributed by atoms with Crippen LogP contribution >= 0.6 is 0 Å². The molecule has 80 valence electrons. The Hall–Kier alpha value is -0.820. The van der Waals surface area contributed by atoms with Gasteiger partial charge in [0.15, 0.2) is 0 Å². The maximum Gasteiger partial charge on any atom is 0.491 e. The van der Waals surface area contributed by atoms with Crippen LogP contribution in [0, 0.1) is 0 Å². The second kappa shape index (κ2) is 2.83. The summed E-state index contributed by atoms with van der Waals surface area (Å²) in [5, 5.41) is 2.88. The third-order valence-corrected chi connectivity index (χ3v) is 2.28. The van der Waals surface area contributed by atoms with Gasteiger partial charge in [-0.05, 0) is 0 Å². The van der Waals surface area contributed by atoms with Crippen LogP contribution in [-0.4, -0.2) is 37.1 Å². The van der Waals surface area contributed by atoms with Gasteiger partial charge in [-0.1, -0.05) is 0 Å². The lowest BCUT2D eigenvalue weighted by atomic mass is 10.2. The number of carbonyl (C=O) groups excluding carboxylic acids is 1. The summed E-state index contributed by atoms with van der Waals surface area (Å²) < 4.78 is 44.9. The Kier molecular flexibility index (Phi) is 1.97. The molecule has 2 rings (SSSR count). The first-order chi connectivity index (χ1) is 6.41. The zero-order valence-corrected chi connectivity index (χ0v) is 7.06. The zero-order chi connectivity index (χ0) is 10.4. The fourth-order valence-corrected chi connectivity index (χ4v) is 1.63. The Morgan fingerprint density at radius 1 is 1.57 bits per heavy atom. The Morgan fingerprint density at radius 3 is 2.64 bits per heavy atom. The smallest absolute Gasteiger partial charge is 0.425 e. The molecule has 0 aromatic heterocycles. The Bertz CT molecular complexity index is 257. The molecular weight excluding hydrogens is 203 g/mol. The summed E-state index contributed by atoms with van der Waals surface area (Å²) in [5.74, 6) is -3.58. The maximum atomic E-state index is 11.9. The highest BCUT2D eigenvalue weighted by Crippen LogP contribution is 2.34. The van der Waals surface area contributed by atoms with Gasteiger partial charge < -0.3 is 14.8 Å². The SMILES string of the molecule is O=C(O[C@@]12CN[C@H](CO1)C2)C(F)(F)F. The average molecular weight is 211 g/mol. The lowest BCUT2D eigenvalue weighted by Gasteiger charge is -2.26. The van der Waals surface area contributed by atoms with Crippen molar-refractivity contribution in [1.82, 2.24) is 5.32 Å². The number of alkyl halides is 3. The normalized spacial score (nSPS) is 36.1. The van der Waals surface area contributed by atoms with E-state index in [1.807, 2.05) is 0 Å². The topological polar surface area (TPSA) is 47.6 Å². The highest BCUT2D eigenvalue weighted by atomic mass is 19.4. The molecule has 2 aliphatic heterocycles. The average Bonchev–Trinajstić information content (AvgIpc) is 2.61. The molecule has 7 heteroatoms. The second-order valence-electron chi connectivity index (χ2n) is 3.39. The summed E-state index contributed by atoms with van der Waals surface area (Å²) in [5.41, 5.74) is 0. The highest BCUT2D eigenvalue weighted by molar-refractivity contribution is 5.76. The van der Waals surface area contributed by atoms with Crippen LogP contribution in [0.25, 0.3) is 0 Å². The second-order valence-corrected chi connectivity index (χ2v) is 3.39. The van der Waals surface area contributed by atoms with Crippen LogP contribution in [0.2, 0.25) is 0 Å². The number of rotatable bonds is 1. The van der Waals surface area contributed by atoms with Crippen LogP contribution in [0.3, 0.4) is 0 Å². The monoisotopic (exact) mass is 211 g/mol. The van der Waals surface area contributed by atoms with Crippen LogP contribution in [0.1, 0.15) is 6.42 Å². The van der Waals surface area contributed by atoms with Crippen LogP contribution in [0.15, 0.2) is 0 Å². The summed E-state index contributed by atoms with van der Waals surface area (Å²) in [6.45, 7) is 0.407. The summed E-state index contributed by atoms with van der Waals surface area (Å²) in [6.07, 6.45) is -4.67. The highest BCUT2D eigenvalue weighted by Gasteiger charge is 2.53. The van der Waals surface area contributed by atoms with E-state index >= 15 is 0 Å². The predicted molar refractivity (Wildman–Crippen MR) is 37.2 cm³/mol. The third-order valence-electron chi connectivity index (χ3n) is 2.28. The minimum absolute atomic E-state index is 0.00367. The fourth-order valence-electron chi connectivity index (χ4n) is 1.63. The van der Waals surface area contributed by atoms with Crippen LogP contribution in [0.4, 0.5) is 13.2 Å². The first-order valence-corrected chi connectivity index (χ1v) is 4.09. The van der Waals surface area contributed by atoms with E-state index in [9.17, 15) is 18.0 Å². The van der Waals surface area contributed by atoms with Gasteiger partial charge in [-0.15, -0.1) is 0 Å². The number of ether oxygens (including phenoxy) is 2. The lowest BCUT2D eigenvalue weighted by Crippen LogP contribution is -2.45.